The summed E-state index contributed by atoms with van der Waals surface area (Å²) in [6, 6.07) is 0. The van der Waals surface area contributed by atoms with E-state index in [1.54, 1.807) is 12.2 Å². The second kappa shape index (κ2) is 17.3. The van der Waals surface area contributed by atoms with Crippen LogP contribution < -0.4 is 0 Å². The number of carbonyl (C=O) groups is 20. The first-order chi connectivity index (χ1) is 38.0. The van der Waals surface area contributed by atoms with Gasteiger partial charge in [0.25, 0.3) is 0 Å². The lowest BCUT2D eigenvalue weighted by Gasteiger charge is -2.42. The molecule has 18 rings (SSSR count). The number of rotatable bonds is 0. The van der Waals surface area contributed by atoms with Gasteiger partial charge < -0.3 is 47.4 Å². The molecule has 6 saturated carbocycles. The molecule has 0 aromatic heterocycles. The van der Waals surface area contributed by atoms with Gasteiger partial charge in [-0.1, -0.05) is 12.2 Å². The van der Waals surface area contributed by atoms with E-state index in [9.17, 15) is 95.9 Å². The first-order valence-electron chi connectivity index (χ1n) is 25.2. The lowest BCUT2D eigenvalue weighted by Crippen LogP contribution is -2.50. The fraction of sp³-hybridized carbons (Fsp3) is 0.560. The van der Waals surface area contributed by atoms with Crippen molar-refractivity contribution in [3.8, 4) is 0 Å². The SMILES string of the molecule is O=C1OC(=O)C2C1C1C(=O)OC(=O)C21.O=C1OC(=O)C2C1CC1C(=O)OC(=O)C12.O=C1OC(=O)C2C3C=CC(C12)C1C(=O)OC(=O)C31.O=C1OC(=O)C2C3CC(C12)C1C(=O)OC(=O)C31.O=C1OC(=O)C2CC3C(=O)OC(=O)C3CC12. The van der Waals surface area contributed by atoms with E-state index in [1.807, 2.05) is 0 Å². The second-order valence-electron chi connectivity index (χ2n) is 22.2. The molecule has 30 nitrogen and oxygen atoms in total. The van der Waals surface area contributed by atoms with Crippen LogP contribution in [0.5, 0.6) is 0 Å². The summed E-state index contributed by atoms with van der Waals surface area (Å²) in [7, 11) is 0. The van der Waals surface area contributed by atoms with Crippen LogP contribution in [0.3, 0.4) is 0 Å². The van der Waals surface area contributed by atoms with E-state index in [-0.39, 0.29) is 31.1 Å². The molecule has 0 aromatic rings. The molecule has 0 N–H and O–H groups in total. The van der Waals surface area contributed by atoms with Crippen LogP contribution in [-0.2, 0) is 143 Å². The van der Waals surface area contributed by atoms with Gasteiger partial charge in [-0.25, -0.2) is 0 Å². The van der Waals surface area contributed by atoms with Crippen molar-refractivity contribution in [2.75, 3.05) is 0 Å². The van der Waals surface area contributed by atoms with Crippen LogP contribution >= 0.6 is 0 Å². The van der Waals surface area contributed by atoms with Crippen molar-refractivity contribution >= 4 is 119 Å². The average molecular weight is 1110 g/mol. The summed E-state index contributed by atoms with van der Waals surface area (Å²) in [5.74, 6) is -26.8. The maximum absolute atomic E-state index is 11.7. The smallest absolute Gasteiger partial charge is 0.318 e. The van der Waals surface area contributed by atoms with Gasteiger partial charge in [0.1, 0.15) is 0 Å². The number of allylic oxidation sites excluding steroid dienone is 2. The maximum atomic E-state index is 11.7. The Labute approximate surface area is 441 Å². The topological polar surface area (TPSA) is 434 Å². The standard InChI is InChI=1S/C12H8O6.C11H8O6.C10H8O6.C9H6O6.C8H4O6/c13-9-5-3-1-2-4(7(5)11(15)17-9)8-6(3)10(14)18-12(8)16;12-8-4-2-1-3(6(4)10(14)16-8)7-5(2)9(13)17-11(7)15;11-7-3-1-4-6(10(14)16-8(4)12)2-5(3)9(13)15-7;10-6-2-1-3-5(4(2)8(12)14-6)9(13)15-7(3)11;9-5-1-2(6(10)13-5)4-3(1)7(11)14-8(4)12/h1-8H;2-7H,1H2;3-6H,1-2H2;2-5H,1H2;1-4H. The number of cyclic esters (lactones) is 20. The van der Waals surface area contributed by atoms with Gasteiger partial charge in [0.05, 0.1) is 118 Å². The number of hydrogen-bond donors (Lipinski definition) is 0. The summed E-state index contributed by atoms with van der Waals surface area (Å²) < 4.78 is 45.0. The first-order valence-corrected chi connectivity index (χ1v) is 25.2. The molecule has 8 aliphatic carbocycles. The van der Waals surface area contributed by atoms with Crippen molar-refractivity contribution in [1.29, 1.82) is 0 Å². The summed E-state index contributed by atoms with van der Waals surface area (Å²) in [5.41, 5.74) is 0. The van der Waals surface area contributed by atoms with Gasteiger partial charge in [-0.15, -0.1) is 0 Å². The molecule has 16 unspecified atom stereocenters. The molecular weight excluding hydrogens is 1080 g/mol. The Balaban J connectivity index is 0.0000000947. The molecule has 0 amide bonds. The lowest BCUT2D eigenvalue weighted by atomic mass is 9.54. The molecule has 10 saturated heterocycles. The third-order valence-corrected chi connectivity index (χ3v) is 19.1. The summed E-state index contributed by atoms with van der Waals surface area (Å²) in [6.45, 7) is 0. The highest BCUT2D eigenvalue weighted by Crippen LogP contribution is 2.63. The van der Waals surface area contributed by atoms with Gasteiger partial charge >= 0.3 is 119 Å². The van der Waals surface area contributed by atoms with E-state index in [2.05, 4.69) is 47.4 Å². The molecule has 414 valence electrons. The summed E-state index contributed by atoms with van der Waals surface area (Å²) in [5, 5.41) is 0. The number of hydrogen-bond acceptors (Lipinski definition) is 30. The molecule has 30 heteroatoms. The van der Waals surface area contributed by atoms with Crippen LogP contribution in [-0.4, -0.2) is 119 Å². The van der Waals surface area contributed by atoms with Crippen molar-refractivity contribution in [3.05, 3.63) is 12.2 Å². The van der Waals surface area contributed by atoms with Crippen LogP contribution in [0, 0.1) is 142 Å². The third-order valence-electron chi connectivity index (χ3n) is 19.1. The number of fused-ring (bicyclic) bond motifs is 17. The normalized spacial score (nSPS) is 45.5. The van der Waals surface area contributed by atoms with E-state index < -0.39 is 250 Å². The molecule has 80 heavy (non-hydrogen) atoms. The molecule has 16 fully saturated rings. The number of carbonyl (C=O) groups excluding carboxylic acids is 20. The van der Waals surface area contributed by atoms with E-state index >= 15 is 0 Å². The third kappa shape index (κ3) is 6.87. The first kappa shape index (κ1) is 50.6. The summed E-state index contributed by atoms with van der Waals surface area (Å²) >= 11 is 0. The van der Waals surface area contributed by atoms with Gasteiger partial charge in [0.15, 0.2) is 0 Å². The van der Waals surface area contributed by atoms with E-state index in [1.165, 1.54) is 0 Å². The van der Waals surface area contributed by atoms with Crippen LogP contribution in [0.15, 0.2) is 12.2 Å². The quantitative estimate of drug-likeness (QED) is 0.0960. The molecule has 16 atom stereocenters. The highest BCUT2D eigenvalue weighted by Gasteiger charge is 2.75. The van der Waals surface area contributed by atoms with Gasteiger partial charge in [0, 0.05) is 11.8 Å². The van der Waals surface area contributed by atoms with Crippen molar-refractivity contribution in [2.45, 2.75) is 25.7 Å². The molecule has 0 aromatic carbocycles. The van der Waals surface area contributed by atoms with Crippen LogP contribution in [0.4, 0.5) is 0 Å². The maximum Gasteiger partial charge on any atom is 0.318 e. The Hall–Kier alpha value is -8.86. The molecule has 0 radical (unpaired) electrons. The Kier molecular flexibility index (Phi) is 11.0. The van der Waals surface area contributed by atoms with Crippen LogP contribution in [0.2, 0.25) is 0 Å². The molecular formula is C50H34O30. The average Bonchev–Trinajstić information content (AvgIpc) is 4.48. The molecule has 0 spiro atoms. The van der Waals surface area contributed by atoms with Crippen LogP contribution in [0.1, 0.15) is 25.7 Å². The summed E-state index contributed by atoms with van der Waals surface area (Å²) in [4.78, 5) is 227. The van der Waals surface area contributed by atoms with E-state index in [0.717, 1.165) is 0 Å². The fourth-order valence-corrected chi connectivity index (χ4v) is 15.8. The van der Waals surface area contributed by atoms with E-state index in [0.29, 0.717) is 6.42 Å². The van der Waals surface area contributed by atoms with Crippen molar-refractivity contribution in [2.24, 2.45) is 142 Å². The minimum atomic E-state index is -0.804. The van der Waals surface area contributed by atoms with E-state index in [4.69, 9.17) is 0 Å². The Morgan fingerprint density at radius 1 is 0.188 bits per heavy atom. The Morgan fingerprint density at radius 3 is 0.625 bits per heavy atom. The Morgan fingerprint density at radius 2 is 0.362 bits per heavy atom. The summed E-state index contributed by atoms with van der Waals surface area (Å²) in [6.07, 6.45) is 4.62. The molecule has 10 aliphatic heterocycles. The highest BCUT2D eigenvalue weighted by atomic mass is 16.6. The van der Waals surface area contributed by atoms with Gasteiger partial charge in [-0.2, -0.15) is 0 Å². The predicted octanol–water partition coefficient (Wildman–Crippen LogP) is -4.23. The zero-order valence-corrected chi connectivity index (χ0v) is 40.1. The van der Waals surface area contributed by atoms with Crippen molar-refractivity contribution in [1.82, 2.24) is 0 Å². The van der Waals surface area contributed by atoms with Crippen molar-refractivity contribution in [3.63, 3.8) is 0 Å². The molecule has 10 heterocycles. The zero-order valence-electron chi connectivity index (χ0n) is 40.1. The van der Waals surface area contributed by atoms with Gasteiger partial charge in [-0.3, -0.25) is 95.9 Å². The monoisotopic (exact) mass is 1110 g/mol. The number of esters is 20. The Bertz CT molecular complexity index is 2880. The van der Waals surface area contributed by atoms with Crippen LogP contribution in [0.25, 0.3) is 0 Å². The van der Waals surface area contributed by atoms with Gasteiger partial charge in [0.2, 0.25) is 0 Å². The fourth-order valence-electron chi connectivity index (χ4n) is 15.8. The highest BCUT2D eigenvalue weighted by molar-refractivity contribution is 6.11. The molecule has 4 bridgehead atoms. The predicted molar refractivity (Wildman–Crippen MR) is 222 cm³/mol. The van der Waals surface area contributed by atoms with Crippen molar-refractivity contribution < 1.29 is 143 Å². The lowest BCUT2D eigenvalue weighted by molar-refractivity contribution is -0.158. The largest absolute Gasteiger partial charge is 0.393 e. The zero-order chi connectivity index (χ0) is 56.7. The number of ether oxygens (including phenoxy) is 10. The van der Waals surface area contributed by atoms with Gasteiger partial charge in [-0.05, 0) is 37.5 Å². The minimum absolute atomic E-state index is 0.185. The minimum Gasteiger partial charge on any atom is -0.393 e. The second-order valence-corrected chi connectivity index (χ2v) is 22.2. The molecule has 18 aliphatic rings.